The van der Waals surface area contributed by atoms with Crippen molar-refractivity contribution < 1.29 is 14.3 Å². The van der Waals surface area contributed by atoms with Crippen molar-refractivity contribution in [3.63, 3.8) is 0 Å². The predicted octanol–water partition coefficient (Wildman–Crippen LogP) is 3.07. The van der Waals surface area contributed by atoms with Gasteiger partial charge in [0.1, 0.15) is 0 Å². The number of ketones is 1. The lowest BCUT2D eigenvalue weighted by atomic mass is 9.95. The fraction of sp³-hybridized carbons (Fsp3) is 0.211. The van der Waals surface area contributed by atoms with Gasteiger partial charge in [0.25, 0.3) is 0 Å². The van der Waals surface area contributed by atoms with E-state index in [0.717, 1.165) is 29.8 Å². The topological polar surface area (TPSA) is 47.6 Å². The zero-order valence-electron chi connectivity index (χ0n) is 13.3. The second-order valence-corrected chi connectivity index (χ2v) is 5.33. The molecule has 0 aromatic heterocycles. The lowest BCUT2D eigenvalue weighted by molar-refractivity contribution is 0.104. The molecule has 0 amide bonds. The van der Waals surface area contributed by atoms with Crippen LogP contribution >= 0.6 is 0 Å². The van der Waals surface area contributed by atoms with Crippen molar-refractivity contribution in [2.45, 2.75) is 6.42 Å². The molecule has 3 rings (SSSR count). The Hall–Kier alpha value is -2.75. The van der Waals surface area contributed by atoms with E-state index in [2.05, 4.69) is 5.32 Å². The molecule has 1 aliphatic heterocycles. The van der Waals surface area contributed by atoms with Gasteiger partial charge in [-0.05, 0) is 24.1 Å². The van der Waals surface area contributed by atoms with Crippen molar-refractivity contribution in [1.82, 2.24) is 5.32 Å². The van der Waals surface area contributed by atoms with Crippen LogP contribution in [0, 0.1) is 0 Å². The molecule has 118 valence electrons. The average Bonchev–Trinajstić information content (AvgIpc) is 2.61. The van der Waals surface area contributed by atoms with Crippen LogP contribution in [0.5, 0.6) is 11.5 Å². The highest BCUT2D eigenvalue weighted by molar-refractivity contribution is 6.08. The highest BCUT2D eigenvalue weighted by Crippen LogP contribution is 2.34. The second kappa shape index (κ2) is 6.57. The Labute approximate surface area is 135 Å². The smallest absolute Gasteiger partial charge is 0.187 e. The molecular weight excluding hydrogens is 290 g/mol. The summed E-state index contributed by atoms with van der Waals surface area (Å²) in [5.74, 6) is 1.35. The number of ether oxygens (including phenoxy) is 2. The lowest BCUT2D eigenvalue weighted by Crippen LogP contribution is -2.23. The van der Waals surface area contributed by atoms with E-state index in [4.69, 9.17) is 9.47 Å². The Morgan fingerprint density at radius 2 is 1.78 bits per heavy atom. The van der Waals surface area contributed by atoms with E-state index in [9.17, 15) is 4.79 Å². The van der Waals surface area contributed by atoms with Crippen molar-refractivity contribution >= 4 is 11.5 Å². The minimum Gasteiger partial charge on any atom is -0.493 e. The molecule has 0 atom stereocenters. The van der Waals surface area contributed by atoms with Gasteiger partial charge < -0.3 is 14.8 Å². The number of hydrogen-bond donors (Lipinski definition) is 1. The normalized spacial score (nSPS) is 14.8. The van der Waals surface area contributed by atoms with Crippen molar-refractivity contribution in [2.75, 3.05) is 20.8 Å². The molecule has 0 unspecified atom stereocenters. The van der Waals surface area contributed by atoms with Crippen LogP contribution in [0.4, 0.5) is 0 Å². The Balaban J connectivity index is 2.01. The van der Waals surface area contributed by atoms with Gasteiger partial charge in [-0.25, -0.2) is 0 Å². The molecule has 0 spiro atoms. The summed E-state index contributed by atoms with van der Waals surface area (Å²) >= 11 is 0. The largest absolute Gasteiger partial charge is 0.493 e. The number of methoxy groups -OCH3 is 2. The molecule has 1 heterocycles. The van der Waals surface area contributed by atoms with Crippen molar-refractivity contribution in [2.24, 2.45) is 0 Å². The fourth-order valence-corrected chi connectivity index (χ4v) is 2.75. The predicted molar refractivity (Wildman–Crippen MR) is 90.0 cm³/mol. The van der Waals surface area contributed by atoms with Gasteiger partial charge in [0.05, 0.1) is 14.2 Å². The van der Waals surface area contributed by atoms with Crippen LogP contribution in [0.25, 0.3) is 5.70 Å². The van der Waals surface area contributed by atoms with Crippen LogP contribution in [0.2, 0.25) is 0 Å². The number of hydrogen-bond acceptors (Lipinski definition) is 4. The van der Waals surface area contributed by atoms with Gasteiger partial charge in [-0.15, -0.1) is 0 Å². The SMILES string of the molecule is COc1cc2c(cc1OC)C(=CC(=O)c1ccccc1)NCC2. The Morgan fingerprint density at radius 3 is 2.48 bits per heavy atom. The van der Waals surface area contributed by atoms with Crippen LogP contribution in [-0.4, -0.2) is 26.5 Å². The molecule has 0 saturated carbocycles. The summed E-state index contributed by atoms with van der Waals surface area (Å²) in [5.41, 5.74) is 3.63. The summed E-state index contributed by atoms with van der Waals surface area (Å²) in [6, 6.07) is 13.2. The number of fused-ring (bicyclic) bond motifs is 1. The Bertz CT molecular complexity index is 751. The van der Waals surface area contributed by atoms with Gasteiger partial charge in [0.15, 0.2) is 17.3 Å². The summed E-state index contributed by atoms with van der Waals surface area (Å²) < 4.78 is 10.7. The van der Waals surface area contributed by atoms with Crippen LogP contribution < -0.4 is 14.8 Å². The van der Waals surface area contributed by atoms with E-state index >= 15 is 0 Å². The van der Waals surface area contributed by atoms with E-state index in [0.29, 0.717) is 17.1 Å². The number of benzene rings is 2. The first-order valence-corrected chi connectivity index (χ1v) is 7.53. The monoisotopic (exact) mass is 309 g/mol. The maximum Gasteiger partial charge on any atom is 0.187 e. The van der Waals surface area contributed by atoms with Crippen LogP contribution in [0.1, 0.15) is 21.5 Å². The Morgan fingerprint density at radius 1 is 1.09 bits per heavy atom. The lowest BCUT2D eigenvalue weighted by Gasteiger charge is -2.23. The van der Waals surface area contributed by atoms with Crippen LogP contribution in [0.3, 0.4) is 0 Å². The van der Waals surface area contributed by atoms with Crippen molar-refractivity contribution in [1.29, 1.82) is 0 Å². The van der Waals surface area contributed by atoms with Gasteiger partial charge in [-0.1, -0.05) is 30.3 Å². The summed E-state index contributed by atoms with van der Waals surface area (Å²) in [5, 5.41) is 3.31. The molecule has 0 saturated heterocycles. The molecule has 1 N–H and O–H groups in total. The van der Waals surface area contributed by atoms with E-state index in [-0.39, 0.29) is 5.78 Å². The van der Waals surface area contributed by atoms with Crippen molar-refractivity contribution in [3.8, 4) is 11.5 Å². The minimum atomic E-state index is -0.0178. The summed E-state index contributed by atoms with van der Waals surface area (Å²) in [4.78, 5) is 12.4. The highest BCUT2D eigenvalue weighted by atomic mass is 16.5. The van der Waals surface area contributed by atoms with Gasteiger partial charge in [-0.2, -0.15) is 0 Å². The van der Waals surface area contributed by atoms with Crippen LogP contribution in [0.15, 0.2) is 48.5 Å². The first kappa shape index (κ1) is 15.2. The number of rotatable bonds is 4. The van der Waals surface area contributed by atoms with E-state index in [1.54, 1.807) is 20.3 Å². The summed E-state index contributed by atoms with van der Waals surface area (Å²) in [7, 11) is 3.24. The molecule has 0 aliphatic carbocycles. The zero-order chi connectivity index (χ0) is 16.2. The second-order valence-electron chi connectivity index (χ2n) is 5.33. The molecule has 0 fully saturated rings. The molecule has 2 aromatic rings. The molecule has 1 aliphatic rings. The number of nitrogens with one attached hydrogen (secondary N) is 1. The number of carbonyl (C=O) groups excluding carboxylic acids is 1. The third kappa shape index (κ3) is 3.06. The highest BCUT2D eigenvalue weighted by Gasteiger charge is 2.19. The minimum absolute atomic E-state index is 0.0178. The van der Waals surface area contributed by atoms with E-state index in [1.165, 1.54) is 0 Å². The number of carbonyl (C=O) groups is 1. The molecule has 2 aromatic carbocycles. The van der Waals surface area contributed by atoms with Gasteiger partial charge >= 0.3 is 0 Å². The van der Waals surface area contributed by atoms with E-state index in [1.807, 2.05) is 42.5 Å². The molecule has 4 heteroatoms. The fourth-order valence-electron chi connectivity index (χ4n) is 2.75. The number of allylic oxidation sites excluding steroid dienone is 1. The first-order chi connectivity index (χ1) is 11.2. The summed E-state index contributed by atoms with van der Waals surface area (Å²) in [6.45, 7) is 0.788. The maximum atomic E-state index is 12.4. The Kier molecular flexibility index (Phi) is 4.33. The third-order valence-electron chi connectivity index (χ3n) is 3.94. The molecule has 4 nitrogen and oxygen atoms in total. The molecule has 23 heavy (non-hydrogen) atoms. The molecule has 0 radical (unpaired) electrons. The third-order valence-corrected chi connectivity index (χ3v) is 3.94. The standard InChI is InChI=1S/C19H19NO3/c1-22-18-10-14-8-9-20-16(15(14)11-19(18)23-2)12-17(21)13-6-4-3-5-7-13/h3-7,10-12,20H,8-9H2,1-2H3. The zero-order valence-corrected chi connectivity index (χ0v) is 13.3. The first-order valence-electron chi connectivity index (χ1n) is 7.53. The van der Waals surface area contributed by atoms with E-state index < -0.39 is 0 Å². The van der Waals surface area contributed by atoms with Gasteiger partial charge in [-0.3, -0.25) is 4.79 Å². The quantitative estimate of drug-likeness (QED) is 0.696. The molecular formula is C19H19NO3. The van der Waals surface area contributed by atoms with Crippen LogP contribution in [-0.2, 0) is 6.42 Å². The van der Waals surface area contributed by atoms with Gasteiger partial charge in [0, 0.05) is 29.4 Å². The van der Waals surface area contributed by atoms with Crippen molar-refractivity contribution in [3.05, 3.63) is 65.2 Å². The van der Waals surface area contributed by atoms with Gasteiger partial charge in [0.2, 0.25) is 0 Å². The maximum absolute atomic E-state index is 12.4. The average molecular weight is 309 g/mol. The molecule has 0 bridgehead atoms. The summed E-state index contributed by atoms with van der Waals surface area (Å²) in [6.07, 6.45) is 2.53.